The quantitative estimate of drug-likeness (QED) is 0.595. The maximum Gasteiger partial charge on any atom is 0.339 e. The third-order valence-corrected chi connectivity index (χ3v) is 4.13. The van der Waals surface area contributed by atoms with Gasteiger partial charge in [-0.1, -0.05) is 32.6 Å². The highest BCUT2D eigenvalue weighted by Gasteiger charge is 2.20. The first kappa shape index (κ1) is 17.5. The Balaban J connectivity index is 1.77. The van der Waals surface area contributed by atoms with Crippen LogP contribution in [0, 0.1) is 0 Å². The molecule has 1 saturated carbocycles. The van der Waals surface area contributed by atoms with Crippen LogP contribution in [0.2, 0.25) is 0 Å². The zero-order valence-corrected chi connectivity index (χ0v) is 13.6. The summed E-state index contributed by atoms with van der Waals surface area (Å²) in [5, 5.41) is 11.8. The number of aromatic carboxylic acids is 1. The van der Waals surface area contributed by atoms with E-state index in [2.05, 4.69) is 5.32 Å². The van der Waals surface area contributed by atoms with E-state index < -0.39 is 11.9 Å². The summed E-state index contributed by atoms with van der Waals surface area (Å²) < 4.78 is 11.1. The highest BCUT2D eigenvalue weighted by Crippen LogP contribution is 2.19. The number of carbonyl (C=O) groups excluding carboxylic acids is 1. The number of nitrogens with one attached hydrogen (secondary N) is 1. The van der Waals surface area contributed by atoms with Crippen molar-refractivity contribution in [2.24, 2.45) is 0 Å². The van der Waals surface area contributed by atoms with E-state index in [0.717, 1.165) is 12.8 Å². The molecule has 2 N–H and O–H groups in total. The first-order valence-electron chi connectivity index (χ1n) is 8.37. The fraction of sp³-hybridized carbons (Fsp3) is 0.647. The predicted molar refractivity (Wildman–Crippen MR) is 84.8 cm³/mol. The lowest BCUT2D eigenvalue weighted by Gasteiger charge is -2.15. The van der Waals surface area contributed by atoms with Crippen molar-refractivity contribution in [3.8, 4) is 0 Å². The molecule has 23 heavy (non-hydrogen) atoms. The Morgan fingerprint density at radius 3 is 2.57 bits per heavy atom. The molecule has 0 spiro atoms. The van der Waals surface area contributed by atoms with E-state index in [4.69, 9.17) is 14.3 Å². The molecule has 0 aromatic carbocycles. The number of aryl methyl sites for hydroxylation is 1. The van der Waals surface area contributed by atoms with Crippen molar-refractivity contribution in [2.45, 2.75) is 58.0 Å². The summed E-state index contributed by atoms with van der Waals surface area (Å²) in [5.41, 5.74) is 0.0485. The fourth-order valence-electron chi connectivity index (χ4n) is 2.87. The van der Waals surface area contributed by atoms with Crippen molar-refractivity contribution in [1.82, 2.24) is 5.32 Å². The van der Waals surface area contributed by atoms with Gasteiger partial charge >= 0.3 is 5.97 Å². The van der Waals surface area contributed by atoms with Crippen LogP contribution in [0.4, 0.5) is 0 Å². The van der Waals surface area contributed by atoms with Crippen molar-refractivity contribution in [3.05, 3.63) is 23.2 Å². The van der Waals surface area contributed by atoms with Gasteiger partial charge in [0.1, 0.15) is 11.3 Å². The molecule has 6 heteroatoms. The minimum absolute atomic E-state index is 0.0358. The van der Waals surface area contributed by atoms with Crippen LogP contribution in [-0.2, 0) is 11.2 Å². The predicted octanol–water partition coefficient (Wildman–Crippen LogP) is 3.01. The van der Waals surface area contributed by atoms with Gasteiger partial charge in [-0.05, 0) is 12.8 Å². The zero-order chi connectivity index (χ0) is 16.7. The van der Waals surface area contributed by atoms with Crippen molar-refractivity contribution in [2.75, 3.05) is 13.2 Å². The van der Waals surface area contributed by atoms with Crippen LogP contribution in [0.5, 0.6) is 0 Å². The van der Waals surface area contributed by atoms with Crippen LogP contribution < -0.4 is 5.32 Å². The lowest BCUT2D eigenvalue weighted by atomic mass is 10.1. The SMILES string of the molecule is CCc1oc(C(=O)NCCOC2CCCCCC2)cc1C(=O)O. The number of ether oxygens (including phenoxy) is 1. The molecule has 0 atom stereocenters. The molecule has 0 unspecified atom stereocenters. The lowest BCUT2D eigenvalue weighted by molar-refractivity contribution is 0.0439. The topological polar surface area (TPSA) is 88.8 Å². The summed E-state index contributed by atoms with van der Waals surface area (Å²) in [6, 6.07) is 1.28. The molecule has 0 aliphatic heterocycles. The smallest absolute Gasteiger partial charge is 0.339 e. The van der Waals surface area contributed by atoms with Crippen LogP contribution in [0.25, 0.3) is 0 Å². The molecule has 2 rings (SSSR count). The second kappa shape index (κ2) is 8.72. The van der Waals surface area contributed by atoms with Gasteiger partial charge in [-0.2, -0.15) is 0 Å². The van der Waals surface area contributed by atoms with E-state index >= 15 is 0 Å². The average molecular weight is 323 g/mol. The van der Waals surface area contributed by atoms with Gasteiger partial charge in [0.2, 0.25) is 0 Å². The molecular weight excluding hydrogens is 298 g/mol. The molecule has 1 aliphatic rings. The van der Waals surface area contributed by atoms with Gasteiger partial charge in [0.05, 0.1) is 12.7 Å². The third kappa shape index (κ3) is 5.10. The normalized spacial score (nSPS) is 16.0. The summed E-state index contributed by atoms with van der Waals surface area (Å²) in [4.78, 5) is 23.1. The molecule has 1 fully saturated rings. The fourth-order valence-corrected chi connectivity index (χ4v) is 2.87. The number of furan rings is 1. The molecule has 128 valence electrons. The van der Waals surface area contributed by atoms with Crippen molar-refractivity contribution < 1.29 is 23.8 Å². The second-order valence-electron chi connectivity index (χ2n) is 5.85. The van der Waals surface area contributed by atoms with Crippen LogP contribution >= 0.6 is 0 Å². The molecule has 6 nitrogen and oxygen atoms in total. The maximum atomic E-state index is 12.0. The Bertz CT molecular complexity index is 529. The standard InChI is InChI=1S/C17H25NO5/c1-2-14-13(17(20)21)11-15(23-14)16(19)18-9-10-22-12-7-5-3-4-6-8-12/h11-12H,2-10H2,1H3,(H,18,19)(H,20,21). The number of carbonyl (C=O) groups is 2. The summed E-state index contributed by atoms with van der Waals surface area (Å²) in [7, 11) is 0. The summed E-state index contributed by atoms with van der Waals surface area (Å²) >= 11 is 0. The van der Waals surface area contributed by atoms with E-state index in [1.165, 1.54) is 31.7 Å². The maximum absolute atomic E-state index is 12.0. The van der Waals surface area contributed by atoms with Crippen molar-refractivity contribution >= 4 is 11.9 Å². The van der Waals surface area contributed by atoms with Gasteiger partial charge in [-0.3, -0.25) is 4.79 Å². The van der Waals surface area contributed by atoms with E-state index in [-0.39, 0.29) is 11.3 Å². The molecule has 1 heterocycles. The summed E-state index contributed by atoms with van der Waals surface area (Å²) in [6.45, 7) is 2.64. The number of rotatable bonds is 7. The van der Waals surface area contributed by atoms with E-state index in [0.29, 0.717) is 31.4 Å². The summed E-state index contributed by atoms with van der Waals surface area (Å²) in [6.07, 6.45) is 7.88. The Morgan fingerprint density at radius 2 is 2.00 bits per heavy atom. The second-order valence-corrected chi connectivity index (χ2v) is 5.85. The van der Waals surface area contributed by atoms with Gasteiger partial charge in [0.25, 0.3) is 5.91 Å². The summed E-state index contributed by atoms with van der Waals surface area (Å²) in [5.74, 6) is -1.14. The van der Waals surface area contributed by atoms with Gasteiger partial charge in [0, 0.05) is 19.0 Å². The van der Waals surface area contributed by atoms with Gasteiger partial charge in [-0.25, -0.2) is 4.79 Å². The van der Waals surface area contributed by atoms with Crippen LogP contribution in [0.1, 0.15) is 72.1 Å². The number of carboxylic acid groups (broad SMARTS) is 1. The minimum atomic E-state index is -1.08. The first-order valence-corrected chi connectivity index (χ1v) is 8.37. The number of amides is 1. The molecule has 0 bridgehead atoms. The van der Waals surface area contributed by atoms with Gasteiger partial charge in [0.15, 0.2) is 5.76 Å². The Hall–Kier alpha value is -1.82. The highest BCUT2D eigenvalue weighted by molar-refractivity contribution is 5.96. The number of hydrogen-bond acceptors (Lipinski definition) is 4. The zero-order valence-electron chi connectivity index (χ0n) is 13.6. The lowest BCUT2D eigenvalue weighted by Crippen LogP contribution is -2.28. The van der Waals surface area contributed by atoms with Gasteiger partial charge < -0.3 is 19.6 Å². The van der Waals surface area contributed by atoms with Crippen LogP contribution in [0.15, 0.2) is 10.5 Å². The largest absolute Gasteiger partial charge is 0.478 e. The highest BCUT2D eigenvalue weighted by atomic mass is 16.5. The van der Waals surface area contributed by atoms with E-state index in [1.807, 2.05) is 0 Å². The van der Waals surface area contributed by atoms with Crippen LogP contribution in [-0.4, -0.2) is 36.2 Å². The van der Waals surface area contributed by atoms with Crippen LogP contribution in [0.3, 0.4) is 0 Å². The first-order chi connectivity index (χ1) is 11.1. The number of hydrogen-bond donors (Lipinski definition) is 2. The van der Waals surface area contributed by atoms with Crippen molar-refractivity contribution in [1.29, 1.82) is 0 Å². The average Bonchev–Trinajstić information content (AvgIpc) is 2.82. The van der Waals surface area contributed by atoms with Crippen molar-refractivity contribution in [3.63, 3.8) is 0 Å². The third-order valence-electron chi connectivity index (χ3n) is 4.13. The molecule has 0 radical (unpaired) electrons. The molecule has 1 aliphatic carbocycles. The van der Waals surface area contributed by atoms with E-state index in [1.54, 1.807) is 6.92 Å². The molecule has 1 aromatic heterocycles. The molecule has 0 saturated heterocycles. The molecule has 1 amide bonds. The van der Waals surface area contributed by atoms with E-state index in [9.17, 15) is 9.59 Å². The Morgan fingerprint density at radius 1 is 1.30 bits per heavy atom. The number of carboxylic acids is 1. The molecular formula is C17H25NO5. The van der Waals surface area contributed by atoms with Gasteiger partial charge in [-0.15, -0.1) is 0 Å². The minimum Gasteiger partial charge on any atom is -0.478 e. The Labute approximate surface area is 136 Å². The Kier molecular flexibility index (Phi) is 6.65. The molecule has 1 aromatic rings. The monoisotopic (exact) mass is 323 g/mol.